The van der Waals surface area contributed by atoms with Crippen molar-refractivity contribution >= 4 is 23.1 Å². The van der Waals surface area contributed by atoms with E-state index in [0.717, 1.165) is 25.8 Å². The molecule has 0 heterocycles. The van der Waals surface area contributed by atoms with Crippen molar-refractivity contribution in [3.05, 3.63) is 11.6 Å². The molecule has 0 saturated carbocycles. The molecular formula is C16H28N2OS. The fourth-order valence-electron chi connectivity index (χ4n) is 2.50. The zero-order chi connectivity index (χ0) is 14.8. The van der Waals surface area contributed by atoms with Crippen molar-refractivity contribution in [2.75, 3.05) is 13.1 Å². The smallest absolute Gasteiger partial charge is 0.222 e. The third-order valence-corrected chi connectivity index (χ3v) is 4.02. The van der Waals surface area contributed by atoms with Gasteiger partial charge in [0, 0.05) is 25.9 Å². The van der Waals surface area contributed by atoms with Gasteiger partial charge in [0.2, 0.25) is 5.91 Å². The van der Waals surface area contributed by atoms with Gasteiger partial charge in [-0.25, -0.2) is 0 Å². The van der Waals surface area contributed by atoms with Crippen LogP contribution in [0.1, 0.15) is 64.7 Å². The van der Waals surface area contributed by atoms with Crippen molar-refractivity contribution < 1.29 is 4.79 Å². The Labute approximate surface area is 128 Å². The van der Waals surface area contributed by atoms with Crippen LogP contribution in [0.15, 0.2) is 11.6 Å². The number of amides is 1. The summed E-state index contributed by atoms with van der Waals surface area (Å²) in [6.07, 6.45) is 11.7. The molecule has 1 aliphatic rings. The Bertz CT molecular complexity index is 352. The number of thiocarbonyl (C=S) groups is 1. The van der Waals surface area contributed by atoms with Crippen LogP contribution >= 0.6 is 12.2 Å². The standard InChI is InChI=1S/C16H28N2OS/c1-2-3-9-16(19)18(13-11-15(17)20)12-10-14-7-5-4-6-8-14/h7H,2-6,8-13H2,1H3,(H2,17,20). The first-order valence-electron chi connectivity index (χ1n) is 7.87. The zero-order valence-electron chi connectivity index (χ0n) is 12.7. The highest BCUT2D eigenvalue weighted by atomic mass is 32.1. The molecule has 114 valence electrons. The van der Waals surface area contributed by atoms with E-state index in [1.165, 1.54) is 31.3 Å². The average Bonchev–Trinajstić information content (AvgIpc) is 2.45. The number of unbranched alkanes of at least 4 members (excludes halogenated alkanes) is 1. The van der Waals surface area contributed by atoms with E-state index in [0.29, 0.717) is 24.4 Å². The number of nitrogens with zero attached hydrogens (tertiary/aromatic N) is 1. The fourth-order valence-corrected chi connectivity index (χ4v) is 2.59. The molecule has 0 atom stereocenters. The molecular weight excluding hydrogens is 268 g/mol. The minimum Gasteiger partial charge on any atom is -0.393 e. The van der Waals surface area contributed by atoms with E-state index in [1.54, 1.807) is 0 Å². The largest absolute Gasteiger partial charge is 0.393 e. The van der Waals surface area contributed by atoms with Gasteiger partial charge in [0.15, 0.2) is 0 Å². The van der Waals surface area contributed by atoms with Crippen LogP contribution in [0.4, 0.5) is 0 Å². The van der Waals surface area contributed by atoms with Crippen LogP contribution < -0.4 is 5.73 Å². The summed E-state index contributed by atoms with van der Waals surface area (Å²) in [5.41, 5.74) is 7.08. The normalized spacial score (nSPS) is 14.8. The number of carbonyl (C=O) groups is 1. The quantitative estimate of drug-likeness (QED) is 0.522. The topological polar surface area (TPSA) is 46.3 Å². The highest BCUT2D eigenvalue weighted by Crippen LogP contribution is 2.20. The number of rotatable bonds is 9. The van der Waals surface area contributed by atoms with E-state index in [-0.39, 0.29) is 5.91 Å². The molecule has 0 fully saturated rings. The number of carbonyl (C=O) groups excluding carboxylic acids is 1. The fraction of sp³-hybridized carbons (Fsp3) is 0.750. The van der Waals surface area contributed by atoms with E-state index >= 15 is 0 Å². The molecule has 0 saturated heterocycles. The lowest BCUT2D eigenvalue weighted by molar-refractivity contribution is -0.131. The molecule has 20 heavy (non-hydrogen) atoms. The predicted octanol–water partition coefficient (Wildman–Crippen LogP) is 3.57. The van der Waals surface area contributed by atoms with Gasteiger partial charge in [-0.15, -0.1) is 0 Å². The first-order valence-corrected chi connectivity index (χ1v) is 8.28. The summed E-state index contributed by atoms with van der Waals surface area (Å²) in [7, 11) is 0. The Morgan fingerprint density at radius 3 is 2.75 bits per heavy atom. The molecule has 0 unspecified atom stereocenters. The van der Waals surface area contributed by atoms with Crippen LogP contribution in [-0.4, -0.2) is 28.9 Å². The van der Waals surface area contributed by atoms with Gasteiger partial charge in [-0.2, -0.15) is 0 Å². The van der Waals surface area contributed by atoms with Crippen molar-refractivity contribution in [2.45, 2.75) is 64.7 Å². The number of nitrogens with two attached hydrogens (primary N) is 1. The second kappa shape index (κ2) is 9.92. The Balaban J connectivity index is 2.45. The summed E-state index contributed by atoms with van der Waals surface area (Å²) in [6, 6.07) is 0. The summed E-state index contributed by atoms with van der Waals surface area (Å²) in [4.78, 5) is 14.7. The third-order valence-electron chi connectivity index (χ3n) is 3.81. The van der Waals surface area contributed by atoms with Crippen molar-refractivity contribution in [2.24, 2.45) is 5.73 Å². The Morgan fingerprint density at radius 1 is 1.35 bits per heavy atom. The summed E-state index contributed by atoms with van der Waals surface area (Å²) in [6.45, 7) is 3.60. The summed E-state index contributed by atoms with van der Waals surface area (Å²) < 4.78 is 0. The van der Waals surface area contributed by atoms with Crippen LogP contribution in [0, 0.1) is 0 Å². The van der Waals surface area contributed by atoms with Gasteiger partial charge in [0.25, 0.3) is 0 Å². The van der Waals surface area contributed by atoms with Crippen LogP contribution in [-0.2, 0) is 4.79 Å². The summed E-state index contributed by atoms with van der Waals surface area (Å²) >= 11 is 4.93. The van der Waals surface area contributed by atoms with E-state index in [9.17, 15) is 4.79 Å². The number of allylic oxidation sites excluding steroid dienone is 1. The first kappa shape index (κ1) is 17.2. The molecule has 0 aromatic heterocycles. The van der Waals surface area contributed by atoms with Crippen molar-refractivity contribution in [3.8, 4) is 0 Å². The maximum Gasteiger partial charge on any atom is 0.222 e. The molecule has 1 aliphatic carbocycles. The Hall–Kier alpha value is -0.900. The molecule has 0 aliphatic heterocycles. The molecule has 0 bridgehead atoms. The van der Waals surface area contributed by atoms with Gasteiger partial charge in [-0.3, -0.25) is 4.79 Å². The predicted molar refractivity (Wildman–Crippen MR) is 88.7 cm³/mol. The lowest BCUT2D eigenvalue weighted by Crippen LogP contribution is -2.34. The van der Waals surface area contributed by atoms with Gasteiger partial charge in [-0.05, 0) is 38.5 Å². The molecule has 0 aromatic carbocycles. The molecule has 4 heteroatoms. The van der Waals surface area contributed by atoms with Crippen LogP contribution in [0.5, 0.6) is 0 Å². The van der Waals surface area contributed by atoms with E-state index in [2.05, 4.69) is 13.0 Å². The molecule has 0 radical (unpaired) electrons. The number of hydrogen-bond donors (Lipinski definition) is 1. The average molecular weight is 296 g/mol. The van der Waals surface area contributed by atoms with Crippen LogP contribution in [0.2, 0.25) is 0 Å². The van der Waals surface area contributed by atoms with Crippen LogP contribution in [0.25, 0.3) is 0 Å². The highest BCUT2D eigenvalue weighted by Gasteiger charge is 2.14. The van der Waals surface area contributed by atoms with Gasteiger partial charge in [0.05, 0.1) is 4.99 Å². The minimum absolute atomic E-state index is 0.250. The van der Waals surface area contributed by atoms with E-state index < -0.39 is 0 Å². The van der Waals surface area contributed by atoms with Gasteiger partial charge < -0.3 is 10.6 Å². The van der Waals surface area contributed by atoms with E-state index in [1.807, 2.05) is 4.90 Å². The summed E-state index contributed by atoms with van der Waals surface area (Å²) in [5, 5.41) is 0. The van der Waals surface area contributed by atoms with Gasteiger partial charge >= 0.3 is 0 Å². The Kier molecular flexibility index (Phi) is 8.51. The molecule has 0 spiro atoms. The maximum absolute atomic E-state index is 12.2. The first-order chi connectivity index (χ1) is 9.63. The molecule has 2 N–H and O–H groups in total. The SMILES string of the molecule is CCCCC(=O)N(CCC(N)=S)CCC1=CCCCC1. The lowest BCUT2D eigenvalue weighted by Gasteiger charge is -2.24. The Morgan fingerprint density at radius 2 is 2.15 bits per heavy atom. The van der Waals surface area contributed by atoms with Crippen molar-refractivity contribution in [1.82, 2.24) is 4.90 Å². The van der Waals surface area contributed by atoms with Crippen molar-refractivity contribution in [1.29, 1.82) is 0 Å². The monoisotopic (exact) mass is 296 g/mol. The van der Waals surface area contributed by atoms with Crippen LogP contribution in [0.3, 0.4) is 0 Å². The molecule has 0 aromatic rings. The van der Waals surface area contributed by atoms with E-state index in [4.69, 9.17) is 18.0 Å². The van der Waals surface area contributed by atoms with Crippen molar-refractivity contribution in [3.63, 3.8) is 0 Å². The number of hydrogen-bond acceptors (Lipinski definition) is 2. The minimum atomic E-state index is 0.250. The zero-order valence-corrected chi connectivity index (χ0v) is 13.5. The van der Waals surface area contributed by atoms with Gasteiger partial charge in [-0.1, -0.05) is 37.2 Å². The third kappa shape index (κ3) is 7.04. The molecule has 1 rings (SSSR count). The lowest BCUT2D eigenvalue weighted by atomic mass is 9.97. The highest BCUT2D eigenvalue weighted by molar-refractivity contribution is 7.80. The van der Waals surface area contributed by atoms with Gasteiger partial charge in [0.1, 0.15) is 0 Å². The second-order valence-electron chi connectivity index (χ2n) is 5.56. The molecule has 1 amide bonds. The second-order valence-corrected chi connectivity index (χ2v) is 6.08. The molecule has 3 nitrogen and oxygen atoms in total. The summed E-state index contributed by atoms with van der Waals surface area (Å²) in [5.74, 6) is 0.250. The maximum atomic E-state index is 12.2.